The minimum absolute atomic E-state index is 0.293. The van der Waals surface area contributed by atoms with Gasteiger partial charge in [-0.05, 0) is 62.6 Å². The molecule has 0 fully saturated rings. The molecule has 2 aromatic rings. The highest BCUT2D eigenvalue weighted by Gasteiger charge is 2.18. The van der Waals surface area contributed by atoms with Gasteiger partial charge in [-0.15, -0.1) is 0 Å². The molecular weight excluding hydrogens is 284 g/mol. The van der Waals surface area contributed by atoms with Crippen molar-refractivity contribution in [3.63, 3.8) is 0 Å². The molecule has 0 bridgehead atoms. The SMILES string of the molecule is Cc1ccc(S(=O)(=O)Nc2cc(C)c(N)cc2C)c(C)c1. The minimum atomic E-state index is -3.60. The van der Waals surface area contributed by atoms with Gasteiger partial charge in [0.25, 0.3) is 10.0 Å². The molecule has 0 amide bonds. The Hall–Kier alpha value is -2.01. The molecule has 0 aromatic heterocycles. The van der Waals surface area contributed by atoms with E-state index in [4.69, 9.17) is 5.73 Å². The number of nitrogen functional groups attached to an aromatic ring is 1. The van der Waals surface area contributed by atoms with Crippen molar-refractivity contribution in [3.05, 3.63) is 52.6 Å². The first-order valence-corrected chi connectivity index (χ1v) is 8.16. The summed E-state index contributed by atoms with van der Waals surface area (Å²) >= 11 is 0. The van der Waals surface area contributed by atoms with E-state index < -0.39 is 10.0 Å². The molecule has 5 heteroatoms. The zero-order valence-corrected chi connectivity index (χ0v) is 13.5. The minimum Gasteiger partial charge on any atom is -0.399 e. The monoisotopic (exact) mass is 304 g/mol. The summed E-state index contributed by atoms with van der Waals surface area (Å²) in [4.78, 5) is 0.293. The highest BCUT2D eigenvalue weighted by atomic mass is 32.2. The summed E-state index contributed by atoms with van der Waals surface area (Å²) in [6.45, 7) is 7.41. The van der Waals surface area contributed by atoms with E-state index in [0.717, 1.165) is 22.3 Å². The molecular formula is C16H20N2O2S. The number of aryl methyl sites for hydroxylation is 4. The fourth-order valence-electron chi connectivity index (χ4n) is 2.25. The Balaban J connectivity index is 2.45. The van der Waals surface area contributed by atoms with E-state index >= 15 is 0 Å². The first kappa shape index (κ1) is 15.4. The van der Waals surface area contributed by atoms with E-state index in [0.29, 0.717) is 16.3 Å². The van der Waals surface area contributed by atoms with Crippen LogP contribution in [0.15, 0.2) is 35.2 Å². The molecule has 2 aromatic carbocycles. The Morgan fingerprint density at radius 1 is 0.905 bits per heavy atom. The molecule has 4 nitrogen and oxygen atoms in total. The summed E-state index contributed by atoms with van der Waals surface area (Å²) in [5.74, 6) is 0. The van der Waals surface area contributed by atoms with Crippen LogP contribution in [0.2, 0.25) is 0 Å². The number of hydrogen-bond acceptors (Lipinski definition) is 3. The summed E-state index contributed by atoms with van der Waals surface area (Å²) in [6, 6.07) is 8.81. The number of sulfonamides is 1. The van der Waals surface area contributed by atoms with Gasteiger partial charge in [0, 0.05) is 5.69 Å². The molecule has 0 atom stereocenters. The average molecular weight is 304 g/mol. The first-order valence-electron chi connectivity index (χ1n) is 6.67. The highest BCUT2D eigenvalue weighted by molar-refractivity contribution is 7.92. The van der Waals surface area contributed by atoms with Crippen LogP contribution in [0, 0.1) is 27.7 Å². The number of nitrogens with two attached hydrogens (primary N) is 1. The van der Waals surface area contributed by atoms with Crippen LogP contribution in [0.4, 0.5) is 11.4 Å². The Morgan fingerprint density at radius 3 is 2.19 bits per heavy atom. The molecule has 2 rings (SSSR count). The molecule has 0 aliphatic rings. The van der Waals surface area contributed by atoms with Gasteiger partial charge in [-0.1, -0.05) is 17.7 Å². The predicted octanol–water partition coefficient (Wildman–Crippen LogP) is 3.30. The molecule has 0 heterocycles. The Bertz CT molecular complexity index is 796. The summed E-state index contributed by atoms with van der Waals surface area (Å²) in [6.07, 6.45) is 0. The summed E-state index contributed by atoms with van der Waals surface area (Å²) in [7, 11) is -3.60. The topological polar surface area (TPSA) is 72.2 Å². The molecule has 0 saturated carbocycles. The van der Waals surface area contributed by atoms with E-state index in [1.807, 2.05) is 26.8 Å². The van der Waals surface area contributed by atoms with E-state index in [-0.39, 0.29) is 0 Å². The van der Waals surface area contributed by atoms with Crippen molar-refractivity contribution in [2.45, 2.75) is 32.6 Å². The molecule has 21 heavy (non-hydrogen) atoms. The normalized spacial score (nSPS) is 11.4. The predicted molar refractivity (Wildman–Crippen MR) is 87.1 cm³/mol. The third-order valence-corrected chi connectivity index (χ3v) is 5.00. The molecule has 0 saturated heterocycles. The van der Waals surface area contributed by atoms with Crippen molar-refractivity contribution in [1.82, 2.24) is 0 Å². The Kier molecular flexibility index (Phi) is 3.96. The van der Waals surface area contributed by atoms with Gasteiger partial charge in [0.15, 0.2) is 0 Å². The van der Waals surface area contributed by atoms with Crippen molar-refractivity contribution < 1.29 is 8.42 Å². The van der Waals surface area contributed by atoms with Crippen molar-refractivity contribution in [3.8, 4) is 0 Å². The van der Waals surface area contributed by atoms with Crippen molar-refractivity contribution in [2.24, 2.45) is 0 Å². The largest absolute Gasteiger partial charge is 0.399 e. The molecule has 0 unspecified atom stereocenters. The maximum atomic E-state index is 12.5. The van der Waals surface area contributed by atoms with Crippen molar-refractivity contribution in [1.29, 1.82) is 0 Å². The van der Waals surface area contributed by atoms with Crippen LogP contribution >= 0.6 is 0 Å². The molecule has 0 aliphatic heterocycles. The third-order valence-electron chi connectivity index (χ3n) is 3.48. The fourth-order valence-corrected chi connectivity index (χ4v) is 3.60. The number of hydrogen-bond donors (Lipinski definition) is 2. The molecule has 3 N–H and O–H groups in total. The standard InChI is InChI=1S/C16H20N2O2S/c1-10-5-6-16(13(4)7-10)21(19,20)18-15-9-11(2)14(17)8-12(15)3/h5-9,18H,17H2,1-4H3. The Labute approximate surface area is 126 Å². The van der Waals surface area contributed by atoms with Gasteiger partial charge in [-0.3, -0.25) is 4.72 Å². The van der Waals surface area contributed by atoms with Gasteiger partial charge in [0.2, 0.25) is 0 Å². The molecule has 0 spiro atoms. The third kappa shape index (κ3) is 3.19. The smallest absolute Gasteiger partial charge is 0.262 e. The van der Waals surface area contributed by atoms with Gasteiger partial charge in [0.05, 0.1) is 10.6 Å². The highest BCUT2D eigenvalue weighted by Crippen LogP contribution is 2.26. The average Bonchev–Trinajstić information content (AvgIpc) is 2.35. The van der Waals surface area contributed by atoms with E-state index in [1.165, 1.54) is 0 Å². The molecule has 0 aliphatic carbocycles. The van der Waals surface area contributed by atoms with Crippen molar-refractivity contribution in [2.75, 3.05) is 10.5 Å². The van der Waals surface area contributed by atoms with Crippen LogP contribution < -0.4 is 10.5 Å². The second-order valence-corrected chi connectivity index (χ2v) is 7.05. The van der Waals surface area contributed by atoms with E-state index in [2.05, 4.69) is 4.72 Å². The lowest BCUT2D eigenvalue weighted by Crippen LogP contribution is -2.15. The molecule has 112 valence electrons. The lowest BCUT2D eigenvalue weighted by Gasteiger charge is -2.14. The second kappa shape index (κ2) is 5.41. The number of benzene rings is 2. The summed E-state index contributed by atoms with van der Waals surface area (Å²) in [5.41, 5.74) is 10.4. The first-order chi connectivity index (χ1) is 9.70. The number of nitrogens with one attached hydrogen (secondary N) is 1. The maximum absolute atomic E-state index is 12.5. The van der Waals surface area contributed by atoms with E-state index in [1.54, 1.807) is 31.2 Å². The van der Waals surface area contributed by atoms with Gasteiger partial charge in [-0.25, -0.2) is 8.42 Å². The van der Waals surface area contributed by atoms with Crippen LogP contribution in [-0.2, 0) is 10.0 Å². The van der Waals surface area contributed by atoms with Gasteiger partial charge >= 0.3 is 0 Å². The number of anilines is 2. The summed E-state index contributed by atoms with van der Waals surface area (Å²) in [5, 5.41) is 0. The lowest BCUT2D eigenvalue weighted by atomic mass is 10.1. The van der Waals surface area contributed by atoms with Crippen LogP contribution in [0.25, 0.3) is 0 Å². The van der Waals surface area contributed by atoms with Crippen LogP contribution in [-0.4, -0.2) is 8.42 Å². The number of rotatable bonds is 3. The summed E-state index contributed by atoms with van der Waals surface area (Å²) < 4.78 is 27.7. The van der Waals surface area contributed by atoms with Gasteiger partial charge in [-0.2, -0.15) is 0 Å². The fraction of sp³-hybridized carbons (Fsp3) is 0.250. The molecule has 0 radical (unpaired) electrons. The lowest BCUT2D eigenvalue weighted by molar-refractivity contribution is 0.600. The van der Waals surface area contributed by atoms with E-state index in [9.17, 15) is 8.42 Å². The Morgan fingerprint density at radius 2 is 1.57 bits per heavy atom. The van der Waals surface area contributed by atoms with Crippen LogP contribution in [0.5, 0.6) is 0 Å². The zero-order valence-electron chi connectivity index (χ0n) is 12.7. The van der Waals surface area contributed by atoms with Gasteiger partial charge < -0.3 is 5.73 Å². The van der Waals surface area contributed by atoms with Crippen LogP contribution in [0.3, 0.4) is 0 Å². The van der Waals surface area contributed by atoms with Crippen molar-refractivity contribution >= 4 is 21.4 Å². The maximum Gasteiger partial charge on any atom is 0.262 e. The zero-order chi connectivity index (χ0) is 15.8. The quantitative estimate of drug-likeness (QED) is 0.855. The second-order valence-electron chi connectivity index (χ2n) is 5.40. The van der Waals surface area contributed by atoms with Gasteiger partial charge in [0.1, 0.15) is 0 Å². The van der Waals surface area contributed by atoms with Crippen LogP contribution in [0.1, 0.15) is 22.3 Å².